The summed E-state index contributed by atoms with van der Waals surface area (Å²) in [4.78, 5) is 173. The fourth-order valence-corrected chi connectivity index (χ4v) is 12.1. The lowest BCUT2D eigenvalue weighted by molar-refractivity contribution is -0.279. The maximum absolute atomic E-state index is 13.7. The van der Waals surface area contributed by atoms with Crippen LogP contribution in [0.2, 0.25) is 0 Å². The quantitative estimate of drug-likeness (QED) is 0.0208. The molecule has 1 aromatic carbocycles. The van der Waals surface area contributed by atoms with Gasteiger partial charge in [0.05, 0.1) is 151 Å². The fraction of sp³-hybridized carbons (Fsp3) is 0.744. The lowest BCUT2D eigenvalue weighted by atomic mass is 9.88. The molecule has 6 amide bonds. The molecular weight excluding hydrogens is 1640 g/mol. The Hall–Kier alpha value is -9.04. The van der Waals surface area contributed by atoms with Gasteiger partial charge in [-0.25, -0.2) is 4.79 Å². The van der Waals surface area contributed by atoms with Gasteiger partial charge in [-0.05, 0) is 5.56 Å². The lowest BCUT2D eigenvalue weighted by Crippen LogP contribution is -2.66. The molecule has 8 N–H and O–H groups in total. The highest BCUT2D eigenvalue weighted by Crippen LogP contribution is 2.32. The van der Waals surface area contributed by atoms with Crippen LogP contribution < -0.4 is 37.6 Å². The molecule has 3 aliphatic heterocycles. The van der Waals surface area contributed by atoms with Crippen molar-refractivity contribution in [2.24, 2.45) is 11.7 Å². The lowest BCUT2D eigenvalue weighted by Gasteiger charge is -2.44. The Labute approximate surface area is 712 Å². The van der Waals surface area contributed by atoms with E-state index >= 15 is 0 Å². The topological polar surface area (TPSA) is 559 Å². The van der Waals surface area contributed by atoms with Crippen molar-refractivity contribution in [2.45, 2.75) is 193 Å². The average Bonchev–Trinajstić information content (AvgIpc) is 0.794. The second kappa shape index (κ2) is 60.5. The number of esters is 8. The first-order valence-corrected chi connectivity index (χ1v) is 40.1. The Morgan fingerprint density at radius 2 is 0.683 bits per heavy atom. The highest BCUT2D eigenvalue weighted by molar-refractivity contribution is 5.77. The summed E-state index contributed by atoms with van der Waals surface area (Å²) in [5.41, 5.74) is 5.44. The van der Waals surface area contributed by atoms with Crippen LogP contribution in [-0.4, -0.2) is 353 Å². The Balaban J connectivity index is 1.29. The van der Waals surface area contributed by atoms with Gasteiger partial charge >= 0.3 is 53.8 Å². The maximum Gasteiger partial charge on any atom is 0.408 e. The van der Waals surface area contributed by atoms with Crippen molar-refractivity contribution in [3.63, 3.8) is 0 Å². The van der Waals surface area contributed by atoms with Crippen LogP contribution in [0.1, 0.15) is 101 Å². The minimum absolute atomic E-state index is 0.0155. The number of nitrogens with one attached hydrogen (secondary N) is 6. The molecule has 0 saturated carbocycles. The fourth-order valence-electron chi connectivity index (χ4n) is 12.1. The van der Waals surface area contributed by atoms with Crippen LogP contribution in [0.15, 0.2) is 30.3 Å². The third kappa shape index (κ3) is 45.4. The van der Waals surface area contributed by atoms with Crippen LogP contribution in [0, 0.1) is 5.92 Å². The van der Waals surface area contributed by atoms with Gasteiger partial charge in [-0.2, -0.15) is 0 Å². The van der Waals surface area contributed by atoms with E-state index in [2.05, 4.69) is 31.9 Å². The SMILES string of the molecule is CC(=O)NC1C(OCCOCCOCCNC(=O)CCOCC(COCCC(=O)NCCOCCOCCOC2OC(COC(C)=O)C(OC(C)=O)C(OC(C)=O)C2N)(COCCC(=O)NCCOCCOCCOC2OC(COC(C)=O)C(OC(C)=O)C(OC(C)=O)C2NC(C)=O)NC(=O)OCc2ccccc2)OC(COC(C)=O)C(OC(C)=O)C1C. The molecule has 0 bridgehead atoms. The van der Waals surface area contributed by atoms with E-state index in [4.69, 9.17) is 119 Å². The number of hydrogen-bond donors (Lipinski definition) is 7. The van der Waals surface area contributed by atoms with Crippen molar-refractivity contribution in [1.29, 1.82) is 0 Å². The Morgan fingerprint density at radius 1 is 0.358 bits per heavy atom. The van der Waals surface area contributed by atoms with Crippen molar-refractivity contribution >= 4 is 83.4 Å². The minimum Gasteiger partial charge on any atom is -0.463 e. The van der Waals surface area contributed by atoms with Gasteiger partial charge in [-0.1, -0.05) is 37.3 Å². The van der Waals surface area contributed by atoms with Gasteiger partial charge in [0.2, 0.25) is 29.5 Å². The van der Waals surface area contributed by atoms with Gasteiger partial charge in [0.1, 0.15) is 62.4 Å². The van der Waals surface area contributed by atoms with E-state index in [1.165, 1.54) is 34.6 Å². The number of nitrogens with two attached hydrogens (primary N) is 1. The van der Waals surface area contributed by atoms with Crippen molar-refractivity contribution in [3.8, 4) is 0 Å². The standard InChI is InChI=1S/C78H123N7O38/c1-48-67(83-49(2)86)75(122-60(42-112-51(4)88)69(48)116-54(7)91)110-39-36-104-33-30-101-27-21-81-64(97)18-24-107-46-78(85-77(99)115-41-59-15-13-12-14-16-59,45-106-23-17-63(96)80-20-26-100-29-32-103-35-38-109-74-66(79)72(119-57(10)94)70(117-55(8)92)61(121-74)43-113-52(5)89)47-108-25-19-65(98)82-22-28-102-31-34-105-37-40-111-76-68(84-50(3)87)73(120-58(11)95)71(118-56(9)93)62(123-76)44-114-53(6)90/h12-16,48,60-62,66-76H,17-47,79H2,1-11H3,(H,80,96)(H,81,97)(H,82,98)(H,83,86)(H,84,87)(H,85,99). The van der Waals surface area contributed by atoms with Gasteiger partial charge in [-0.3, -0.25) is 62.3 Å². The molecule has 698 valence electrons. The number of carbonyl (C=O) groups excluding carboxylic acids is 14. The molecule has 16 atom stereocenters. The normalized spacial score (nSPS) is 22.7. The Kier molecular flexibility index (Phi) is 52.3. The molecule has 16 unspecified atom stereocenters. The van der Waals surface area contributed by atoms with Crippen LogP contribution in [-0.2, 0) is 183 Å². The number of rotatable bonds is 61. The Morgan fingerprint density at radius 3 is 1.07 bits per heavy atom. The van der Waals surface area contributed by atoms with Gasteiger partial charge in [-0.15, -0.1) is 0 Å². The molecule has 123 heavy (non-hydrogen) atoms. The van der Waals surface area contributed by atoms with E-state index in [0.717, 1.165) is 34.6 Å². The molecule has 45 nitrogen and oxygen atoms in total. The summed E-state index contributed by atoms with van der Waals surface area (Å²) in [5.74, 6) is -8.13. The molecule has 0 spiro atoms. The molecular formula is C78H123N7O38. The van der Waals surface area contributed by atoms with E-state index in [-0.39, 0.29) is 203 Å². The van der Waals surface area contributed by atoms with Gasteiger partial charge in [0, 0.05) is 114 Å². The molecule has 3 aliphatic rings. The largest absolute Gasteiger partial charge is 0.463 e. The molecule has 4 rings (SSSR count). The van der Waals surface area contributed by atoms with Crippen LogP contribution in [0.5, 0.6) is 0 Å². The van der Waals surface area contributed by atoms with E-state index in [1.807, 2.05) is 0 Å². The molecule has 45 heteroatoms. The number of alkyl carbamates (subject to hydrolysis) is 1. The summed E-state index contributed by atoms with van der Waals surface area (Å²) in [5, 5.41) is 16.4. The highest BCUT2D eigenvalue weighted by Gasteiger charge is 2.53. The average molecular weight is 1770 g/mol. The summed E-state index contributed by atoms with van der Waals surface area (Å²) in [6.45, 7) is 12.1. The molecule has 0 aliphatic carbocycles. The second-order valence-electron chi connectivity index (χ2n) is 28.0. The monoisotopic (exact) mass is 1770 g/mol. The first kappa shape index (κ1) is 106. The zero-order valence-corrected chi connectivity index (χ0v) is 71.6. The molecule has 3 saturated heterocycles. The van der Waals surface area contributed by atoms with Crippen LogP contribution in [0.25, 0.3) is 0 Å². The van der Waals surface area contributed by atoms with E-state index in [1.54, 1.807) is 37.3 Å². The third-order valence-electron chi connectivity index (χ3n) is 17.5. The predicted molar refractivity (Wildman–Crippen MR) is 417 cm³/mol. The van der Waals surface area contributed by atoms with Crippen LogP contribution in [0.4, 0.5) is 4.79 Å². The third-order valence-corrected chi connectivity index (χ3v) is 17.5. The first-order valence-electron chi connectivity index (χ1n) is 40.1. The maximum atomic E-state index is 13.7. The van der Waals surface area contributed by atoms with Crippen LogP contribution >= 0.6 is 0 Å². The van der Waals surface area contributed by atoms with Crippen molar-refractivity contribution < 1.29 is 181 Å². The molecule has 0 radical (unpaired) electrons. The summed E-state index contributed by atoms with van der Waals surface area (Å²) in [6, 6.07) is 5.79. The number of hydrogen-bond acceptors (Lipinski definition) is 39. The first-order chi connectivity index (χ1) is 58.8. The van der Waals surface area contributed by atoms with Gasteiger partial charge in [0.15, 0.2) is 43.3 Å². The number of amides is 6. The molecule has 3 fully saturated rings. The van der Waals surface area contributed by atoms with Crippen molar-refractivity contribution in [1.82, 2.24) is 31.9 Å². The Bertz CT molecular complexity index is 3390. The number of ether oxygens (including phenoxy) is 24. The zero-order chi connectivity index (χ0) is 90.5. The van der Waals surface area contributed by atoms with E-state index in [9.17, 15) is 67.1 Å². The summed E-state index contributed by atoms with van der Waals surface area (Å²) in [6.07, 6.45) is -13.9. The van der Waals surface area contributed by atoms with Crippen LogP contribution in [0.3, 0.4) is 0 Å². The van der Waals surface area contributed by atoms with Gasteiger partial charge in [0.25, 0.3) is 0 Å². The number of carbonyl (C=O) groups is 14. The predicted octanol–water partition coefficient (Wildman–Crippen LogP) is -2.14. The molecule has 0 aromatic heterocycles. The van der Waals surface area contributed by atoms with E-state index < -0.39 is 181 Å². The van der Waals surface area contributed by atoms with Gasteiger partial charge < -0.3 is 151 Å². The number of benzene rings is 1. The summed E-state index contributed by atoms with van der Waals surface area (Å²) in [7, 11) is 0. The molecule has 1 aromatic rings. The second-order valence-corrected chi connectivity index (χ2v) is 28.0. The smallest absolute Gasteiger partial charge is 0.408 e. The zero-order valence-electron chi connectivity index (χ0n) is 71.6. The summed E-state index contributed by atoms with van der Waals surface area (Å²) >= 11 is 0. The molecule has 3 heterocycles. The van der Waals surface area contributed by atoms with Crippen molar-refractivity contribution in [3.05, 3.63) is 35.9 Å². The van der Waals surface area contributed by atoms with Crippen molar-refractivity contribution in [2.75, 3.05) is 178 Å². The highest BCUT2D eigenvalue weighted by atomic mass is 16.7. The van der Waals surface area contributed by atoms with E-state index in [0.29, 0.717) is 5.56 Å². The summed E-state index contributed by atoms with van der Waals surface area (Å²) < 4.78 is 136. The minimum atomic E-state index is -1.57.